The SMILES string of the molecule is O=C(Nc1ccc(Br)cc1C(=O)O)c1ccc(S(=O)(=O)N2CCc3ccccc32)s1. The summed E-state index contributed by atoms with van der Waals surface area (Å²) in [7, 11) is -3.79. The number of sulfonamides is 1. The van der Waals surface area contributed by atoms with Crippen LogP contribution in [0, 0.1) is 0 Å². The Bertz CT molecular complexity index is 1270. The Labute approximate surface area is 185 Å². The molecule has 1 aliphatic rings. The summed E-state index contributed by atoms with van der Waals surface area (Å²) in [5.41, 5.74) is 1.67. The van der Waals surface area contributed by atoms with Crippen molar-refractivity contribution in [1.29, 1.82) is 0 Å². The molecule has 0 bridgehead atoms. The number of thiophene rings is 1. The molecule has 1 amide bonds. The van der Waals surface area contributed by atoms with Gasteiger partial charge in [0.05, 0.1) is 21.8 Å². The third-order valence-corrected chi connectivity index (χ3v) is 8.51. The number of aromatic carboxylic acids is 1. The molecule has 0 saturated carbocycles. The molecule has 0 aliphatic carbocycles. The highest BCUT2D eigenvalue weighted by molar-refractivity contribution is 9.10. The predicted molar refractivity (Wildman–Crippen MR) is 118 cm³/mol. The van der Waals surface area contributed by atoms with E-state index >= 15 is 0 Å². The molecule has 4 rings (SSSR count). The lowest BCUT2D eigenvalue weighted by Crippen LogP contribution is -2.28. The van der Waals surface area contributed by atoms with Gasteiger partial charge in [-0.05, 0) is 48.4 Å². The van der Waals surface area contributed by atoms with Gasteiger partial charge in [0, 0.05) is 11.0 Å². The molecule has 2 heterocycles. The van der Waals surface area contributed by atoms with Crippen molar-refractivity contribution in [2.75, 3.05) is 16.2 Å². The summed E-state index contributed by atoms with van der Waals surface area (Å²) in [6.45, 7) is 0.349. The largest absolute Gasteiger partial charge is 0.478 e. The first-order valence-electron chi connectivity index (χ1n) is 8.82. The number of carbonyl (C=O) groups excluding carboxylic acids is 1. The number of amides is 1. The molecule has 10 heteroatoms. The average Bonchev–Trinajstić information content (AvgIpc) is 3.37. The second-order valence-corrected chi connectivity index (χ2v) is 10.6. The Morgan fingerprint density at radius 2 is 1.87 bits per heavy atom. The molecule has 3 aromatic rings. The average molecular weight is 507 g/mol. The van der Waals surface area contributed by atoms with Gasteiger partial charge in [-0.3, -0.25) is 9.10 Å². The number of carbonyl (C=O) groups is 2. The van der Waals surface area contributed by atoms with Gasteiger partial charge in [-0.2, -0.15) is 0 Å². The number of rotatable bonds is 5. The van der Waals surface area contributed by atoms with Crippen molar-refractivity contribution in [1.82, 2.24) is 0 Å². The van der Waals surface area contributed by atoms with Crippen LogP contribution >= 0.6 is 27.3 Å². The fourth-order valence-corrected chi connectivity index (χ4v) is 6.41. The Kier molecular flexibility index (Phi) is 5.39. The van der Waals surface area contributed by atoms with Crippen molar-refractivity contribution in [2.24, 2.45) is 0 Å². The lowest BCUT2D eigenvalue weighted by atomic mass is 10.2. The van der Waals surface area contributed by atoms with Crippen LogP contribution in [0.3, 0.4) is 0 Å². The summed E-state index contributed by atoms with van der Waals surface area (Å²) in [4.78, 5) is 24.2. The molecule has 0 fully saturated rings. The Hall–Kier alpha value is -2.69. The zero-order valence-electron chi connectivity index (χ0n) is 15.3. The molecular weight excluding hydrogens is 492 g/mol. The minimum atomic E-state index is -3.79. The molecule has 1 aliphatic heterocycles. The number of benzene rings is 2. The molecule has 0 saturated heterocycles. The van der Waals surface area contributed by atoms with Gasteiger partial charge in [-0.15, -0.1) is 11.3 Å². The Morgan fingerprint density at radius 1 is 1.10 bits per heavy atom. The van der Waals surface area contributed by atoms with Crippen molar-refractivity contribution in [3.05, 3.63) is 75.1 Å². The molecule has 0 atom stereocenters. The minimum absolute atomic E-state index is 0.0543. The van der Waals surface area contributed by atoms with Crippen LogP contribution in [0.5, 0.6) is 0 Å². The maximum atomic E-state index is 13.1. The zero-order valence-corrected chi connectivity index (χ0v) is 18.6. The molecule has 0 radical (unpaired) electrons. The molecule has 7 nitrogen and oxygen atoms in total. The van der Waals surface area contributed by atoms with Crippen LogP contribution in [0.25, 0.3) is 0 Å². The number of nitrogens with one attached hydrogen (secondary N) is 1. The molecule has 1 aromatic heterocycles. The van der Waals surface area contributed by atoms with E-state index in [1.54, 1.807) is 18.2 Å². The van der Waals surface area contributed by atoms with E-state index in [-0.39, 0.29) is 20.3 Å². The number of para-hydroxylation sites is 1. The first-order chi connectivity index (χ1) is 14.3. The smallest absolute Gasteiger partial charge is 0.337 e. The maximum absolute atomic E-state index is 13.1. The summed E-state index contributed by atoms with van der Waals surface area (Å²) in [5.74, 6) is -1.76. The summed E-state index contributed by atoms with van der Waals surface area (Å²) in [5, 5.41) is 11.9. The summed E-state index contributed by atoms with van der Waals surface area (Å²) in [6.07, 6.45) is 0.635. The van der Waals surface area contributed by atoms with Crippen LogP contribution in [-0.4, -0.2) is 31.9 Å². The summed E-state index contributed by atoms with van der Waals surface area (Å²) in [6, 6.07) is 14.6. The van der Waals surface area contributed by atoms with Crippen LogP contribution in [0.1, 0.15) is 25.6 Å². The Balaban J connectivity index is 1.59. The Morgan fingerprint density at radius 3 is 2.63 bits per heavy atom. The minimum Gasteiger partial charge on any atom is -0.478 e. The van der Waals surface area contributed by atoms with Crippen LogP contribution in [-0.2, 0) is 16.4 Å². The third kappa shape index (κ3) is 3.73. The lowest BCUT2D eigenvalue weighted by Gasteiger charge is -2.18. The van der Waals surface area contributed by atoms with Crippen LogP contribution in [0.2, 0.25) is 0 Å². The standard InChI is InChI=1S/C20H15BrN2O5S2/c21-13-5-6-15(14(11-13)20(25)26)22-19(24)17-7-8-18(29-17)30(27,28)23-10-9-12-3-1-2-4-16(12)23/h1-8,11H,9-10H2,(H,22,24)(H,25,26). The van der Waals surface area contributed by atoms with Gasteiger partial charge in [-0.25, -0.2) is 13.2 Å². The van der Waals surface area contributed by atoms with Gasteiger partial charge >= 0.3 is 5.97 Å². The highest BCUT2D eigenvalue weighted by Gasteiger charge is 2.32. The number of carboxylic acid groups (broad SMARTS) is 1. The quantitative estimate of drug-likeness (QED) is 0.539. The van der Waals surface area contributed by atoms with Crippen LogP contribution in [0.15, 0.2) is 63.3 Å². The number of nitrogens with zero attached hydrogens (tertiary/aromatic N) is 1. The van der Waals surface area contributed by atoms with E-state index < -0.39 is 21.9 Å². The van der Waals surface area contributed by atoms with Gasteiger partial charge in [-0.1, -0.05) is 34.1 Å². The van der Waals surface area contributed by atoms with E-state index in [4.69, 9.17) is 0 Å². The summed E-state index contributed by atoms with van der Waals surface area (Å²) < 4.78 is 28.2. The number of fused-ring (bicyclic) bond motifs is 1. The van der Waals surface area contributed by atoms with Gasteiger partial charge in [0.15, 0.2) is 0 Å². The molecule has 154 valence electrons. The van der Waals surface area contributed by atoms with Gasteiger partial charge in [0.1, 0.15) is 4.21 Å². The molecule has 0 unspecified atom stereocenters. The molecule has 30 heavy (non-hydrogen) atoms. The van der Waals surface area contributed by atoms with Crippen molar-refractivity contribution in [3.8, 4) is 0 Å². The topological polar surface area (TPSA) is 104 Å². The highest BCUT2D eigenvalue weighted by atomic mass is 79.9. The molecular formula is C20H15BrN2O5S2. The highest BCUT2D eigenvalue weighted by Crippen LogP contribution is 2.35. The van der Waals surface area contributed by atoms with Gasteiger partial charge < -0.3 is 10.4 Å². The zero-order chi connectivity index (χ0) is 21.5. The van der Waals surface area contributed by atoms with Crippen molar-refractivity contribution >= 4 is 60.5 Å². The van der Waals surface area contributed by atoms with E-state index in [1.165, 1.54) is 28.6 Å². The van der Waals surface area contributed by atoms with Crippen LogP contribution in [0.4, 0.5) is 11.4 Å². The monoisotopic (exact) mass is 506 g/mol. The predicted octanol–water partition coefficient (Wildman–Crippen LogP) is 4.21. The van der Waals surface area contributed by atoms with Crippen molar-refractivity contribution in [2.45, 2.75) is 10.6 Å². The second kappa shape index (κ2) is 7.86. The maximum Gasteiger partial charge on any atom is 0.337 e. The molecule has 2 aromatic carbocycles. The van der Waals surface area contributed by atoms with Crippen molar-refractivity contribution < 1.29 is 23.1 Å². The fourth-order valence-electron chi connectivity index (χ4n) is 3.23. The van der Waals surface area contributed by atoms with E-state index in [2.05, 4.69) is 21.2 Å². The molecule has 0 spiro atoms. The first kappa shape index (κ1) is 20.6. The first-order valence-corrected chi connectivity index (χ1v) is 11.9. The third-order valence-electron chi connectivity index (χ3n) is 4.65. The summed E-state index contributed by atoms with van der Waals surface area (Å²) >= 11 is 4.05. The van der Waals surface area contributed by atoms with Crippen molar-refractivity contribution in [3.63, 3.8) is 0 Å². The number of hydrogen-bond donors (Lipinski definition) is 2. The fraction of sp³-hybridized carbons (Fsp3) is 0.100. The van der Waals surface area contributed by atoms with Crippen LogP contribution < -0.4 is 9.62 Å². The number of anilines is 2. The van der Waals surface area contributed by atoms with E-state index in [0.29, 0.717) is 23.1 Å². The molecule has 2 N–H and O–H groups in total. The normalized spacial score (nSPS) is 13.2. The van der Waals surface area contributed by atoms with Gasteiger partial charge in [0.25, 0.3) is 15.9 Å². The number of halogens is 1. The number of carboxylic acids is 1. The van der Waals surface area contributed by atoms with Gasteiger partial charge in [0.2, 0.25) is 0 Å². The van der Waals surface area contributed by atoms with E-state index in [0.717, 1.165) is 16.9 Å². The lowest BCUT2D eigenvalue weighted by molar-refractivity contribution is 0.0698. The van der Waals surface area contributed by atoms with E-state index in [1.807, 2.05) is 12.1 Å². The van der Waals surface area contributed by atoms with E-state index in [9.17, 15) is 23.1 Å². The number of hydrogen-bond acceptors (Lipinski definition) is 5. The second-order valence-electron chi connectivity index (χ2n) is 6.52.